The Labute approximate surface area is 75.5 Å². The zero-order chi connectivity index (χ0) is 8.81. The average Bonchev–Trinajstić information content (AvgIpc) is 2.06. The molecule has 1 heterocycles. The van der Waals surface area contributed by atoms with Crippen molar-refractivity contribution >= 4 is 0 Å². The molecule has 0 aromatic carbocycles. The Hall–Kier alpha value is -0.120. The Morgan fingerprint density at radius 2 is 2.08 bits per heavy atom. The van der Waals surface area contributed by atoms with Crippen LogP contribution in [-0.2, 0) is 0 Å². The van der Waals surface area contributed by atoms with Gasteiger partial charge in [0.2, 0.25) is 0 Å². The van der Waals surface area contributed by atoms with Crippen LogP contribution in [0.1, 0.15) is 13.8 Å². The predicted molar refractivity (Wildman–Crippen MR) is 52.4 cm³/mol. The summed E-state index contributed by atoms with van der Waals surface area (Å²) in [5.74, 6) is 0. The molecule has 0 saturated carbocycles. The molecule has 1 rings (SSSR count). The van der Waals surface area contributed by atoms with Crippen molar-refractivity contribution in [2.24, 2.45) is 0 Å². The van der Waals surface area contributed by atoms with E-state index in [0.29, 0.717) is 6.04 Å². The topological polar surface area (TPSA) is 27.3 Å². The fraction of sp³-hybridized carbons (Fsp3) is 1.00. The second-order valence-electron chi connectivity index (χ2n) is 3.51. The van der Waals surface area contributed by atoms with Gasteiger partial charge in [-0.15, -0.1) is 0 Å². The van der Waals surface area contributed by atoms with E-state index in [4.69, 9.17) is 0 Å². The van der Waals surface area contributed by atoms with Crippen LogP contribution in [0, 0.1) is 0 Å². The van der Waals surface area contributed by atoms with E-state index in [1.54, 1.807) is 0 Å². The number of piperazine rings is 1. The van der Waals surface area contributed by atoms with Gasteiger partial charge in [-0.25, -0.2) is 0 Å². The highest BCUT2D eigenvalue weighted by Gasteiger charge is 2.11. The smallest absolute Gasteiger partial charge is 0.0166 e. The van der Waals surface area contributed by atoms with E-state index in [1.807, 2.05) is 0 Å². The van der Waals surface area contributed by atoms with Crippen molar-refractivity contribution in [2.75, 3.05) is 39.3 Å². The van der Waals surface area contributed by atoms with E-state index >= 15 is 0 Å². The van der Waals surface area contributed by atoms with Gasteiger partial charge in [0, 0.05) is 38.8 Å². The second-order valence-corrected chi connectivity index (χ2v) is 3.51. The van der Waals surface area contributed by atoms with E-state index in [1.165, 1.54) is 19.6 Å². The highest BCUT2D eigenvalue weighted by atomic mass is 15.2. The molecule has 0 aromatic rings. The van der Waals surface area contributed by atoms with Crippen molar-refractivity contribution in [3.8, 4) is 0 Å². The summed E-state index contributed by atoms with van der Waals surface area (Å²) in [6, 6.07) is 0.632. The van der Waals surface area contributed by atoms with Crippen LogP contribution in [0.15, 0.2) is 0 Å². The minimum Gasteiger partial charge on any atom is -0.314 e. The summed E-state index contributed by atoms with van der Waals surface area (Å²) < 4.78 is 0. The van der Waals surface area contributed by atoms with Crippen molar-refractivity contribution in [3.05, 3.63) is 0 Å². The third-order valence-corrected chi connectivity index (χ3v) is 2.29. The fourth-order valence-corrected chi connectivity index (χ4v) is 1.69. The third kappa shape index (κ3) is 3.52. The fourth-order valence-electron chi connectivity index (χ4n) is 1.69. The molecule has 1 atom stereocenters. The number of likely N-dealkylation sites (N-methyl/N-ethyl adjacent to an activating group) is 1. The molecule has 72 valence electrons. The van der Waals surface area contributed by atoms with Gasteiger partial charge in [-0.2, -0.15) is 0 Å². The van der Waals surface area contributed by atoms with Crippen molar-refractivity contribution in [3.63, 3.8) is 0 Å². The molecule has 3 heteroatoms. The van der Waals surface area contributed by atoms with Gasteiger partial charge in [0.25, 0.3) is 0 Å². The van der Waals surface area contributed by atoms with Gasteiger partial charge in [-0.3, -0.25) is 4.90 Å². The molecule has 0 aliphatic carbocycles. The van der Waals surface area contributed by atoms with E-state index in [9.17, 15) is 0 Å². The molecule has 0 spiro atoms. The van der Waals surface area contributed by atoms with Crippen LogP contribution in [0.3, 0.4) is 0 Å². The van der Waals surface area contributed by atoms with Crippen LogP contribution in [0.4, 0.5) is 0 Å². The SMILES string of the molecule is CCNC(C)CN1CCNCC1. The molecule has 0 amide bonds. The van der Waals surface area contributed by atoms with Crippen molar-refractivity contribution in [1.82, 2.24) is 15.5 Å². The van der Waals surface area contributed by atoms with Gasteiger partial charge < -0.3 is 10.6 Å². The molecular weight excluding hydrogens is 150 g/mol. The van der Waals surface area contributed by atoms with Gasteiger partial charge in [0.1, 0.15) is 0 Å². The molecule has 0 aromatic heterocycles. The van der Waals surface area contributed by atoms with E-state index in [0.717, 1.165) is 19.6 Å². The lowest BCUT2D eigenvalue weighted by Gasteiger charge is -2.29. The van der Waals surface area contributed by atoms with Crippen molar-refractivity contribution < 1.29 is 0 Å². The molecule has 1 aliphatic rings. The van der Waals surface area contributed by atoms with Crippen LogP contribution in [0.5, 0.6) is 0 Å². The third-order valence-electron chi connectivity index (χ3n) is 2.29. The first kappa shape index (κ1) is 9.96. The molecule has 2 N–H and O–H groups in total. The maximum atomic E-state index is 3.43. The van der Waals surface area contributed by atoms with Crippen LogP contribution >= 0.6 is 0 Å². The van der Waals surface area contributed by atoms with Gasteiger partial charge in [-0.1, -0.05) is 6.92 Å². The molecule has 0 bridgehead atoms. The van der Waals surface area contributed by atoms with Gasteiger partial charge in [-0.05, 0) is 13.5 Å². The van der Waals surface area contributed by atoms with Gasteiger partial charge in [0.15, 0.2) is 0 Å². The molecule has 1 aliphatic heterocycles. The first-order valence-electron chi connectivity index (χ1n) is 4.99. The number of hydrogen-bond acceptors (Lipinski definition) is 3. The molecule has 1 unspecified atom stereocenters. The second kappa shape index (κ2) is 5.51. The van der Waals surface area contributed by atoms with E-state index in [-0.39, 0.29) is 0 Å². The first-order chi connectivity index (χ1) is 5.83. The maximum Gasteiger partial charge on any atom is 0.0166 e. The molecule has 3 nitrogen and oxygen atoms in total. The summed E-state index contributed by atoms with van der Waals surface area (Å²) in [5.41, 5.74) is 0. The number of hydrogen-bond donors (Lipinski definition) is 2. The first-order valence-corrected chi connectivity index (χ1v) is 4.99. The Kier molecular flexibility index (Phi) is 4.58. The Morgan fingerprint density at radius 3 is 2.67 bits per heavy atom. The standard InChI is InChI=1S/C9H21N3/c1-3-11-9(2)8-12-6-4-10-5-7-12/h9-11H,3-8H2,1-2H3. The lowest BCUT2D eigenvalue weighted by molar-refractivity contribution is 0.221. The Balaban J connectivity index is 2.11. The quantitative estimate of drug-likeness (QED) is 0.618. The van der Waals surface area contributed by atoms with Crippen molar-refractivity contribution in [1.29, 1.82) is 0 Å². The largest absolute Gasteiger partial charge is 0.314 e. The molecule has 12 heavy (non-hydrogen) atoms. The van der Waals surface area contributed by atoms with Crippen LogP contribution in [0.2, 0.25) is 0 Å². The summed E-state index contributed by atoms with van der Waals surface area (Å²) in [5, 5.41) is 6.79. The molecule has 0 radical (unpaired) electrons. The van der Waals surface area contributed by atoms with E-state index < -0.39 is 0 Å². The van der Waals surface area contributed by atoms with Crippen LogP contribution in [-0.4, -0.2) is 50.2 Å². The van der Waals surface area contributed by atoms with Crippen LogP contribution < -0.4 is 10.6 Å². The molecular formula is C9H21N3. The number of rotatable bonds is 4. The van der Waals surface area contributed by atoms with E-state index in [2.05, 4.69) is 29.4 Å². The maximum absolute atomic E-state index is 3.43. The van der Waals surface area contributed by atoms with Gasteiger partial charge in [0.05, 0.1) is 0 Å². The summed E-state index contributed by atoms with van der Waals surface area (Å²) in [6.07, 6.45) is 0. The lowest BCUT2D eigenvalue weighted by atomic mass is 10.2. The minimum absolute atomic E-state index is 0.632. The molecule has 1 fully saturated rings. The zero-order valence-electron chi connectivity index (χ0n) is 8.27. The summed E-state index contributed by atoms with van der Waals surface area (Å²) in [7, 11) is 0. The number of nitrogens with zero attached hydrogens (tertiary/aromatic N) is 1. The highest BCUT2D eigenvalue weighted by Crippen LogP contribution is 1.94. The summed E-state index contributed by atoms with van der Waals surface area (Å²) >= 11 is 0. The highest BCUT2D eigenvalue weighted by molar-refractivity contribution is 4.72. The van der Waals surface area contributed by atoms with Crippen molar-refractivity contribution in [2.45, 2.75) is 19.9 Å². The Bertz CT molecular complexity index is 110. The zero-order valence-corrected chi connectivity index (χ0v) is 8.27. The summed E-state index contributed by atoms with van der Waals surface area (Å²) in [4.78, 5) is 2.52. The summed E-state index contributed by atoms with van der Waals surface area (Å²) in [6.45, 7) is 11.4. The lowest BCUT2D eigenvalue weighted by Crippen LogP contribution is -2.48. The number of nitrogens with one attached hydrogen (secondary N) is 2. The van der Waals surface area contributed by atoms with Gasteiger partial charge >= 0.3 is 0 Å². The minimum atomic E-state index is 0.632. The van der Waals surface area contributed by atoms with Crippen LogP contribution in [0.25, 0.3) is 0 Å². The predicted octanol–water partition coefficient (Wildman–Crippen LogP) is -0.110. The normalized spacial score (nSPS) is 22.5. The Morgan fingerprint density at radius 1 is 1.42 bits per heavy atom. The monoisotopic (exact) mass is 171 g/mol. The average molecular weight is 171 g/mol. The molecule has 1 saturated heterocycles.